The fourth-order valence-corrected chi connectivity index (χ4v) is 4.31. The van der Waals surface area contributed by atoms with E-state index in [0.29, 0.717) is 18.8 Å². The van der Waals surface area contributed by atoms with Gasteiger partial charge in [-0.2, -0.15) is 0 Å². The highest BCUT2D eigenvalue weighted by atomic mass is 32.2. The lowest BCUT2D eigenvalue weighted by atomic mass is 9.89. The molecule has 19 heavy (non-hydrogen) atoms. The number of carbonyl (C=O) groups is 1. The number of nitrogens with one attached hydrogen (secondary N) is 1. The Bertz CT molecular complexity index is 601. The van der Waals surface area contributed by atoms with Gasteiger partial charge in [0.15, 0.2) is 0 Å². The molecule has 1 aromatic rings. The van der Waals surface area contributed by atoms with Crippen LogP contribution in [0.3, 0.4) is 0 Å². The van der Waals surface area contributed by atoms with Crippen molar-refractivity contribution in [3.05, 3.63) is 16.5 Å². The fraction of sp³-hybridized carbons (Fsp3) is 0.545. The number of carboxylic acids is 1. The second kappa shape index (κ2) is 4.86. The van der Waals surface area contributed by atoms with Crippen molar-refractivity contribution in [3.63, 3.8) is 0 Å². The second-order valence-corrected chi connectivity index (χ2v) is 8.06. The van der Waals surface area contributed by atoms with Crippen molar-refractivity contribution in [3.8, 4) is 0 Å². The number of sulfonamides is 1. The molecular weight excluding hydrogens is 290 g/mol. The number of rotatable bonds is 5. The molecule has 0 saturated carbocycles. The number of thiophene rings is 1. The molecule has 0 aliphatic carbocycles. The Hall–Kier alpha value is -0.960. The van der Waals surface area contributed by atoms with E-state index < -0.39 is 16.0 Å². The Kier molecular flexibility index (Phi) is 3.69. The highest BCUT2D eigenvalue weighted by molar-refractivity contribution is 7.91. The summed E-state index contributed by atoms with van der Waals surface area (Å²) in [4.78, 5) is 11.0. The average Bonchev–Trinajstić information content (AvgIpc) is 2.67. The van der Waals surface area contributed by atoms with Gasteiger partial charge in [0.05, 0.1) is 13.2 Å². The third-order valence-electron chi connectivity index (χ3n) is 2.94. The molecule has 0 unspecified atom stereocenters. The molecule has 1 saturated heterocycles. The molecule has 106 valence electrons. The predicted molar refractivity (Wildman–Crippen MR) is 70.1 cm³/mol. The third-order valence-corrected chi connectivity index (χ3v) is 6.04. The van der Waals surface area contributed by atoms with Crippen LogP contribution in [0, 0.1) is 12.3 Å². The summed E-state index contributed by atoms with van der Waals surface area (Å²) in [5.41, 5.74) is 0.283. The highest BCUT2D eigenvalue weighted by Crippen LogP contribution is 2.28. The van der Waals surface area contributed by atoms with Gasteiger partial charge in [-0.1, -0.05) is 6.92 Å². The molecule has 1 aromatic heterocycles. The van der Waals surface area contributed by atoms with Crippen LogP contribution in [0.1, 0.15) is 22.2 Å². The Morgan fingerprint density at radius 1 is 1.58 bits per heavy atom. The van der Waals surface area contributed by atoms with Crippen molar-refractivity contribution in [2.24, 2.45) is 5.41 Å². The first kappa shape index (κ1) is 14.4. The average molecular weight is 305 g/mol. The van der Waals surface area contributed by atoms with Gasteiger partial charge in [-0.15, -0.1) is 11.3 Å². The molecule has 0 radical (unpaired) electrons. The lowest BCUT2D eigenvalue weighted by Gasteiger charge is -2.37. The Balaban J connectivity index is 2.15. The summed E-state index contributed by atoms with van der Waals surface area (Å²) in [6, 6.07) is 1.38. The molecule has 1 fully saturated rings. The highest BCUT2D eigenvalue weighted by Gasteiger charge is 2.35. The first-order chi connectivity index (χ1) is 8.73. The van der Waals surface area contributed by atoms with E-state index in [1.54, 1.807) is 6.92 Å². The number of carboxylic acid groups (broad SMARTS) is 1. The van der Waals surface area contributed by atoms with Gasteiger partial charge in [0.1, 0.15) is 9.09 Å². The SMILES string of the molecule is Cc1cc(S(=O)(=O)NCC2(C)COC2)sc1C(=O)O. The van der Waals surface area contributed by atoms with Gasteiger partial charge < -0.3 is 9.84 Å². The maximum atomic E-state index is 12.1. The summed E-state index contributed by atoms with van der Waals surface area (Å²) in [5.74, 6) is -1.11. The number of ether oxygens (including phenoxy) is 1. The van der Waals surface area contributed by atoms with Crippen LogP contribution >= 0.6 is 11.3 Å². The van der Waals surface area contributed by atoms with E-state index in [1.165, 1.54) is 6.07 Å². The van der Waals surface area contributed by atoms with Crippen molar-refractivity contribution in [1.82, 2.24) is 4.72 Å². The minimum Gasteiger partial charge on any atom is -0.477 e. The molecular formula is C11H15NO5S2. The third kappa shape index (κ3) is 2.97. The van der Waals surface area contributed by atoms with Crippen molar-refractivity contribution < 1.29 is 23.1 Å². The zero-order chi connectivity index (χ0) is 14.3. The molecule has 8 heteroatoms. The topological polar surface area (TPSA) is 92.7 Å². The first-order valence-corrected chi connectivity index (χ1v) is 7.95. The molecule has 6 nitrogen and oxygen atoms in total. The van der Waals surface area contributed by atoms with Gasteiger partial charge in [-0.3, -0.25) is 0 Å². The molecule has 1 aliphatic rings. The number of aromatic carboxylic acids is 1. The molecule has 0 aromatic carbocycles. The largest absolute Gasteiger partial charge is 0.477 e. The van der Waals surface area contributed by atoms with Crippen LogP contribution in [0.4, 0.5) is 0 Å². The minimum atomic E-state index is -3.66. The van der Waals surface area contributed by atoms with Crippen LogP contribution in [-0.4, -0.2) is 39.3 Å². The van der Waals surface area contributed by atoms with Crippen molar-refractivity contribution >= 4 is 27.3 Å². The van der Waals surface area contributed by atoms with Crippen LogP contribution in [0.15, 0.2) is 10.3 Å². The minimum absolute atomic E-state index is 0.0336. The quantitative estimate of drug-likeness (QED) is 0.849. The summed E-state index contributed by atoms with van der Waals surface area (Å²) >= 11 is 0.769. The van der Waals surface area contributed by atoms with E-state index in [0.717, 1.165) is 11.3 Å². The van der Waals surface area contributed by atoms with Gasteiger partial charge in [0.2, 0.25) is 10.0 Å². The van der Waals surface area contributed by atoms with E-state index in [2.05, 4.69) is 4.72 Å². The smallest absolute Gasteiger partial charge is 0.346 e. The first-order valence-electron chi connectivity index (χ1n) is 5.65. The van der Waals surface area contributed by atoms with Crippen LogP contribution in [0.2, 0.25) is 0 Å². The van der Waals surface area contributed by atoms with E-state index in [-0.39, 0.29) is 21.0 Å². The Morgan fingerprint density at radius 2 is 2.21 bits per heavy atom. The predicted octanol–water partition coefficient (Wildman–Crippen LogP) is 1.07. The zero-order valence-electron chi connectivity index (χ0n) is 10.6. The van der Waals surface area contributed by atoms with Crippen LogP contribution < -0.4 is 4.72 Å². The van der Waals surface area contributed by atoms with E-state index in [4.69, 9.17) is 9.84 Å². The van der Waals surface area contributed by atoms with Gasteiger partial charge in [0, 0.05) is 12.0 Å². The molecule has 0 spiro atoms. The van der Waals surface area contributed by atoms with E-state index >= 15 is 0 Å². The van der Waals surface area contributed by atoms with Crippen molar-refractivity contribution in [2.45, 2.75) is 18.1 Å². The standard InChI is InChI=1S/C11H15NO5S2/c1-7-3-8(18-9(7)10(13)14)19(15,16)12-4-11(2)5-17-6-11/h3,12H,4-6H2,1-2H3,(H,13,14). The maximum Gasteiger partial charge on any atom is 0.346 e. The van der Waals surface area contributed by atoms with Gasteiger partial charge >= 0.3 is 5.97 Å². The molecule has 0 atom stereocenters. The number of hydrogen-bond donors (Lipinski definition) is 2. The van der Waals surface area contributed by atoms with E-state index in [9.17, 15) is 13.2 Å². The molecule has 0 bridgehead atoms. The van der Waals surface area contributed by atoms with Crippen LogP contribution in [-0.2, 0) is 14.8 Å². The zero-order valence-corrected chi connectivity index (χ0v) is 12.2. The van der Waals surface area contributed by atoms with Gasteiger partial charge in [-0.05, 0) is 18.6 Å². The number of hydrogen-bond acceptors (Lipinski definition) is 5. The molecule has 2 rings (SSSR count). The van der Waals surface area contributed by atoms with Crippen molar-refractivity contribution in [1.29, 1.82) is 0 Å². The molecule has 2 N–H and O–H groups in total. The lowest BCUT2D eigenvalue weighted by molar-refractivity contribution is -0.0965. The fourth-order valence-electron chi connectivity index (χ4n) is 1.69. The summed E-state index contributed by atoms with van der Waals surface area (Å²) in [5, 5.41) is 8.93. The van der Waals surface area contributed by atoms with Gasteiger partial charge in [-0.25, -0.2) is 17.9 Å². The Labute approximate surface area is 115 Å². The molecule has 1 aliphatic heterocycles. The lowest BCUT2D eigenvalue weighted by Crippen LogP contribution is -2.48. The van der Waals surface area contributed by atoms with Crippen molar-refractivity contribution in [2.75, 3.05) is 19.8 Å². The Morgan fingerprint density at radius 3 is 2.63 bits per heavy atom. The maximum absolute atomic E-state index is 12.1. The summed E-state index contributed by atoms with van der Waals surface area (Å²) in [6.45, 7) is 4.86. The normalized spacial score (nSPS) is 18.0. The number of aryl methyl sites for hydroxylation is 1. The summed E-state index contributed by atoms with van der Waals surface area (Å²) in [7, 11) is -3.66. The monoisotopic (exact) mass is 305 g/mol. The summed E-state index contributed by atoms with van der Waals surface area (Å²) < 4.78 is 31.7. The van der Waals surface area contributed by atoms with Crippen LogP contribution in [0.5, 0.6) is 0 Å². The van der Waals surface area contributed by atoms with Crippen LogP contribution in [0.25, 0.3) is 0 Å². The second-order valence-electron chi connectivity index (χ2n) is 5.01. The van der Waals surface area contributed by atoms with E-state index in [1.807, 2.05) is 6.92 Å². The summed E-state index contributed by atoms with van der Waals surface area (Å²) in [6.07, 6.45) is 0. The van der Waals surface area contributed by atoms with Gasteiger partial charge in [0.25, 0.3) is 0 Å². The molecule has 0 amide bonds. The molecule has 2 heterocycles.